The Kier molecular flexibility index (Phi) is 4.67. The van der Waals surface area contributed by atoms with E-state index in [-0.39, 0.29) is 0 Å². The Labute approximate surface area is 147 Å². The fourth-order valence-corrected chi connectivity index (χ4v) is 3.90. The van der Waals surface area contributed by atoms with Gasteiger partial charge in [-0.1, -0.05) is 42.5 Å². The molecule has 0 saturated heterocycles. The van der Waals surface area contributed by atoms with Gasteiger partial charge in [-0.15, -0.1) is 0 Å². The summed E-state index contributed by atoms with van der Waals surface area (Å²) in [4.78, 5) is 0. The SMILES string of the molecule is COc1cccc([C@@H]2CC(c3ccccc3)=NN2S(C)(=O)=O)c1OC. The van der Waals surface area contributed by atoms with Gasteiger partial charge in [0.15, 0.2) is 11.5 Å². The molecule has 0 unspecified atom stereocenters. The molecular formula is C18H20N2O4S. The van der Waals surface area contributed by atoms with Crippen LogP contribution < -0.4 is 9.47 Å². The average Bonchev–Trinajstić information content (AvgIpc) is 3.07. The second kappa shape index (κ2) is 6.76. The van der Waals surface area contributed by atoms with Crippen LogP contribution in [0.25, 0.3) is 0 Å². The Bertz CT molecular complexity index is 895. The van der Waals surface area contributed by atoms with Gasteiger partial charge in [0.25, 0.3) is 0 Å². The van der Waals surface area contributed by atoms with Crippen molar-refractivity contribution in [1.82, 2.24) is 4.41 Å². The number of ether oxygens (including phenoxy) is 2. The van der Waals surface area contributed by atoms with Crippen LogP contribution in [-0.2, 0) is 10.0 Å². The van der Waals surface area contributed by atoms with Crippen LogP contribution in [0.2, 0.25) is 0 Å². The number of rotatable bonds is 5. The lowest BCUT2D eigenvalue weighted by Crippen LogP contribution is -2.26. The predicted molar refractivity (Wildman–Crippen MR) is 96.6 cm³/mol. The molecule has 6 nitrogen and oxygen atoms in total. The van der Waals surface area contributed by atoms with Gasteiger partial charge in [-0.25, -0.2) is 8.42 Å². The maximum absolute atomic E-state index is 12.3. The molecule has 0 spiro atoms. The molecule has 1 aliphatic heterocycles. The fraction of sp³-hybridized carbons (Fsp3) is 0.278. The van der Waals surface area contributed by atoms with Crippen LogP contribution in [0.15, 0.2) is 53.6 Å². The molecule has 2 aromatic rings. The van der Waals surface area contributed by atoms with Crippen molar-refractivity contribution in [3.63, 3.8) is 0 Å². The molecule has 0 N–H and O–H groups in total. The van der Waals surface area contributed by atoms with Gasteiger partial charge in [-0.3, -0.25) is 0 Å². The van der Waals surface area contributed by atoms with E-state index in [1.165, 1.54) is 0 Å². The zero-order chi connectivity index (χ0) is 18.0. The summed E-state index contributed by atoms with van der Waals surface area (Å²) in [5, 5.41) is 4.38. The van der Waals surface area contributed by atoms with Crippen molar-refractivity contribution in [2.24, 2.45) is 5.10 Å². The van der Waals surface area contributed by atoms with E-state index in [9.17, 15) is 8.42 Å². The Morgan fingerprint density at radius 3 is 2.36 bits per heavy atom. The molecule has 25 heavy (non-hydrogen) atoms. The molecule has 1 aliphatic rings. The van der Waals surface area contributed by atoms with Crippen LogP contribution in [0.4, 0.5) is 0 Å². The van der Waals surface area contributed by atoms with Gasteiger partial charge >= 0.3 is 0 Å². The Balaban J connectivity index is 2.08. The molecule has 2 aromatic carbocycles. The first-order valence-corrected chi connectivity index (χ1v) is 9.63. The summed E-state index contributed by atoms with van der Waals surface area (Å²) in [6, 6.07) is 14.5. The van der Waals surface area contributed by atoms with E-state index in [4.69, 9.17) is 9.47 Å². The molecule has 0 bridgehead atoms. The summed E-state index contributed by atoms with van der Waals surface area (Å²) in [6.07, 6.45) is 1.62. The number of hydrazone groups is 1. The molecule has 0 saturated carbocycles. The summed E-state index contributed by atoms with van der Waals surface area (Å²) in [6.45, 7) is 0. The highest BCUT2D eigenvalue weighted by Crippen LogP contribution is 2.42. The number of hydrogen-bond donors (Lipinski definition) is 0. The smallest absolute Gasteiger partial charge is 0.247 e. The molecule has 1 atom stereocenters. The zero-order valence-corrected chi connectivity index (χ0v) is 15.2. The Morgan fingerprint density at radius 1 is 1.04 bits per heavy atom. The van der Waals surface area contributed by atoms with Crippen molar-refractivity contribution in [3.05, 3.63) is 59.7 Å². The molecule has 0 radical (unpaired) electrons. The third kappa shape index (κ3) is 3.32. The molecule has 1 heterocycles. The summed E-state index contributed by atoms with van der Waals surface area (Å²) in [5.74, 6) is 1.08. The summed E-state index contributed by atoms with van der Waals surface area (Å²) >= 11 is 0. The van der Waals surface area contributed by atoms with Crippen LogP contribution in [0.5, 0.6) is 11.5 Å². The van der Waals surface area contributed by atoms with E-state index in [0.717, 1.165) is 27.5 Å². The van der Waals surface area contributed by atoms with Crippen LogP contribution in [-0.4, -0.2) is 39.0 Å². The van der Waals surface area contributed by atoms with Crippen LogP contribution in [0, 0.1) is 0 Å². The molecule has 0 fully saturated rings. The van der Waals surface area contributed by atoms with E-state index >= 15 is 0 Å². The maximum atomic E-state index is 12.3. The fourth-order valence-electron chi connectivity index (χ4n) is 3.01. The monoisotopic (exact) mass is 360 g/mol. The number of sulfonamides is 1. The number of methoxy groups -OCH3 is 2. The Morgan fingerprint density at radius 2 is 1.76 bits per heavy atom. The van der Waals surface area contributed by atoms with Gasteiger partial charge in [0, 0.05) is 12.0 Å². The first kappa shape index (κ1) is 17.3. The first-order chi connectivity index (χ1) is 12.0. The second-order valence-corrected chi connectivity index (χ2v) is 7.59. The van der Waals surface area contributed by atoms with Gasteiger partial charge in [-0.2, -0.15) is 9.52 Å². The summed E-state index contributed by atoms with van der Waals surface area (Å²) in [5.41, 5.74) is 2.35. The third-order valence-electron chi connectivity index (χ3n) is 4.11. The molecule has 3 rings (SSSR count). The summed E-state index contributed by atoms with van der Waals surface area (Å²) in [7, 11) is -0.442. The van der Waals surface area contributed by atoms with Crippen molar-refractivity contribution in [2.75, 3.05) is 20.5 Å². The van der Waals surface area contributed by atoms with Crippen molar-refractivity contribution < 1.29 is 17.9 Å². The lowest BCUT2D eigenvalue weighted by Gasteiger charge is -2.23. The number of benzene rings is 2. The first-order valence-electron chi connectivity index (χ1n) is 7.79. The third-order valence-corrected chi connectivity index (χ3v) is 5.13. The normalized spacial score (nSPS) is 17.3. The van der Waals surface area contributed by atoms with Crippen molar-refractivity contribution >= 4 is 15.7 Å². The van der Waals surface area contributed by atoms with Gasteiger partial charge < -0.3 is 9.47 Å². The van der Waals surface area contributed by atoms with E-state index in [2.05, 4.69) is 5.10 Å². The predicted octanol–water partition coefficient (Wildman–Crippen LogP) is 2.81. The highest BCUT2D eigenvalue weighted by atomic mass is 32.2. The van der Waals surface area contributed by atoms with Gasteiger partial charge in [0.05, 0.1) is 32.2 Å². The minimum absolute atomic E-state index is 0.459. The van der Waals surface area contributed by atoms with E-state index in [1.54, 1.807) is 20.3 Å². The highest BCUT2D eigenvalue weighted by molar-refractivity contribution is 7.88. The van der Waals surface area contributed by atoms with Crippen LogP contribution in [0.1, 0.15) is 23.6 Å². The number of nitrogens with zero attached hydrogens (tertiary/aromatic N) is 2. The largest absolute Gasteiger partial charge is 0.493 e. The van der Waals surface area contributed by atoms with E-state index in [0.29, 0.717) is 17.9 Å². The molecular weight excluding hydrogens is 340 g/mol. The minimum atomic E-state index is -3.54. The number of hydrogen-bond acceptors (Lipinski definition) is 5. The van der Waals surface area contributed by atoms with E-state index < -0.39 is 16.1 Å². The zero-order valence-electron chi connectivity index (χ0n) is 14.3. The van der Waals surface area contributed by atoms with Gasteiger partial charge in [0.2, 0.25) is 10.0 Å². The lowest BCUT2D eigenvalue weighted by molar-refractivity contribution is 0.329. The van der Waals surface area contributed by atoms with Gasteiger partial charge in [0.1, 0.15) is 0 Å². The summed E-state index contributed by atoms with van der Waals surface area (Å²) < 4.78 is 36.6. The second-order valence-electron chi connectivity index (χ2n) is 5.75. The Hall–Kier alpha value is -2.54. The maximum Gasteiger partial charge on any atom is 0.247 e. The lowest BCUT2D eigenvalue weighted by atomic mass is 9.98. The van der Waals surface area contributed by atoms with Crippen LogP contribution in [0.3, 0.4) is 0 Å². The van der Waals surface area contributed by atoms with Gasteiger partial charge in [-0.05, 0) is 11.6 Å². The molecule has 0 aromatic heterocycles. The standard InChI is InChI=1S/C18H20N2O4S/c1-23-17-11-7-10-14(18(17)24-2)16-12-15(13-8-5-4-6-9-13)19-20(16)25(3,21)22/h4-11,16H,12H2,1-3H3/t16-/m0/s1. The van der Waals surface area contributed by atoms with Crippen LogP contribution >= 0.6 is 0 Å². The minimum Gasteiger partial charge on any atom is -0.493 e. The molecule has 0 amide bonds. The highest BCUT2D eigenvalue weighted by Gasteiger charge is 2.36. The van der Waals surface area contributed by atoms with Crippen molar-refractivity contribution in [3.8, 4) is 11.5 Å². The number of para-hydroxylation sites is 1. The van der Waals surface area contributed by atoms with E-state index in [1.807, 2.05) is 42.5 Å². The topological polar surface area (TPSA) is 68.2 Å². The molecule has 7 heteroatoms. The molecule has 0 aliphatic carbocycles. The van der Waals surface area contributed by atoms with Crippen molar-refractivity contribution in [2.45, 2.75) is 12.5 Å². The average molecular weight is 360 g/mol. The van der Waals surface area contributed by atoms with Crippen molar-refractivity contribution in [1.29, 1.82) is 0 Å². The quantitative estimate of drug-likeness (QED) is 0.822. The molecule has 132 valence electrons.